The van der Waals surface area contributed by atoms with Gasteiger partial charge < -0.3 is 10.5 Å². The van der Waals surface area contributed by atoms with Crippen molar-refractivity contribution in [2.75, 3.05) is 7.11 Å². The quantitative estimate of drug-likeness (QED) is 0.735. The third-order valence-corrected chi connectivity index (χ3v) is 3.01. The molecule has 0 bridgehead atoms. The number of hydrogen-bond acceptors (Lipinski definition) is 2. The molecule has 0 amide bonds. The van der Waals surface area contributed by atoms with Crippen LogP contribution < -0.4 is 10.5 Å². The fourth-order valence-corrected chi connectivity index (χ4v) is 2.25. The standard InChI is InChI=1S/C12H17NO/c1-8-3-4-9-7-10(13)5-6-11(9)12(8)14-2/h3-4,10H,5-7,13H2,1-2H3. The number of ether oxygens (including phenoxy) is 1. The number of rotatable bonds is 1. The highest BCUT2D eigenvalue weighted by Gasteiger charge is 2.19. The first-order chi connectivity index (χ1) is 6.72. The predicted octanol–water partition coefficient (Wildman–Crippen LogP) is 1.82. The molecule has 1 aromatic rings. The molecule has 14 heavy (non-hydrogen) atoms. The normalized spacial score (nSPS) is 20.4. The lowest BCUT2D eigenvalue weighted by Crippen LogP contribution is -2.28. The molecule has 76 valence electrons. The molecule has 0 radical (unpaired) electrons. The topological polar surface area (TPSA) is 35.2 Å². The third-order valence-electron chi connectivity index (χ3n) is 3.01. The summed E-state index contributed by atoms with van der Waals surface area (Å²) in [5.41, 5.74) is 9.90. The van der Waals surface area contributed by atoms with Crippen LogP contribution in [0, 0.1) is 6.92 Å². The first kappa shape index (κ1) is 9.53. The van der Waals surface area contributed by atoms with Gasteiger partial charge in [-0.2, -0.15) is 0 Å². The molecule has 0 aliphatic heterocycles. The highest BCUT2D eigenvalue weighted by atomic mass is 16.5. The summed E-state index contributed by atoms with van der Waals surface area (Å²) in [5, 5.41) is 0. The summed E-state index contributed by atoms with van der Waals surface area (Å²) in [6, 6.07) is 4.64. The lowest BCUT2D eigenvalue weighted by molar-refractivity contribution is 0.401. The first-order valence-electron chi connectivity index (χ1n) is 5.13. The Hall–Kier alpha value is -1.02. The van der Waals surface area contributed by atoms with Gasteiger partial charge in [0.1, 0.15) is 5.75 Å². The van der Waals surface area contributed by atoms with Gasteiger partial charge in [0.15, 0.2) is 0 Å². The fourth-order valence-electron chi connectivity index (χ4n) is 2.25. The SMILES string of the molecule is COc1c(C)ccc2c1CCC(N)C2. The number of fused-ring (bicyclic) bond motifs is 1. The van der Waals surface area contributed by atoms with Crippen molar-refractivity contribution in [1.29, 1.82) is 0 Å². The molecular weight excluding hydrogens is 174 g/mol. The van der Waals surface area contributed by atoms with Crippen LogP contribution in [-0.2, 0) is 12.8 Å². The van der Waals surface area contributed by atoms with Crippen molar-refractivity contribution in [2.24, 2.45) is 5.73 Å². The van der Waals surface area contributed by atoms with E-state index in [9.17, 15) is 0 Å². The zero-order valence-electron chi connectivity index (χ0n) is 8.84. The first-order valence-corrected chi connectivity index (χ1v) is 5.13. The third kappa shape index (κ3) is 1.50. The van der Waals surface area contributed by atoms with Crippen molar-refractivity contribution in [1.82, 2.24) is 0 Å². The summed E-state index contributed by atoms with van der Waals surface area (Å²) in [6.45, 7) is 2.09. The maximum atomic E-state index is 5.94. The Bertz CT molecular complexity index is 346. The molecule has 0 fully saturated rings. The van der Waals surface area contributed by atoms with Gasteiger partial charge in [-0.3, -0.25) is 0 Å². The summed E-state index contributed by atoms with van der Waals surface area (Å²) in [7, 11) is 1.75. The van der Waals surface area contributed by atoms with E-state index in [2.05, 4.69) is 19.1 Å². The van der Waals surface area contributed by atoms with Gasteiger partial charge in [-0.15, -0.1) is 0 Å². The van der Waals surface area contributed by atoms with Gasteiger partial charge >= 0.3 is 0 Å². The van der Waals surface area contributed by atoms with Crippen LogP contribution in [0.4, 0.5) is 0 Å². The molecule has 2 nitrogen and oxygen atoms in total. The molecule has 1 atom stereocenters. The molecule has 1 aromatic carbocycles. The van der Waals surface area contributed by atoms with E-state index in [1.807, 2.05) is 0 Å². The second kappa shape index (κ2) is 3.62. The Kier molecular flexibility index (Phi) is 2.46. The Morgan fingerprint density at radius 1 is 1.43 bits per heavy atom. The lowest BCUT2D eigenvalue weighted by atomic mass is 9.87. The van der Waals surface area contributed by atoms with Gasteiger partial charge in [-0.25, -0.2) is 0 Å². The summed E-state index contributed by atoms with van der Waals surface area (Å²) in [6.07, 6.45) is 3.13. The van der Waals surface area contributed by atoms with Crippen molar-refractivity contribution in [3.63, 3.8) is 0 Å². The van der Waals surface area contributed by atoms with Gasteiger partial charge in [-0.05, 0) is 42.9 Å². The molecule has 0 aromatic heterocycles. The Morgan fingerprint density at radius 2 is 2.21 bits per heavy atom. The molecular formula is C12H17NO. The second-order valence-corrected chi connectivity index (χ2v) is 4.06. The molecule has 0 spiro atoms. The van der Waals surface area contributed by atoms with Crippen LogP contribution in [-0.4, -0.2) is 13.2 Å². The minimum atomic E-state index is 0.329. The number of hydrogen-bond donors (Lipinski definition) is 1. The van der Waals surface area contributed by atoms with Crippen LogP contribution in [0.15, 0.2) is 12.1 Å². The predicted molar refractivity (Wildman–Crippen MR) is 57.7 cm³/mol. The van der Waals surface area contributed by atoms with Crippen LogP contribution in [0.25, 0.3) is 0 Å². The van der Waals surface area contributed by atoms with E-state index in [4.69, 9.17) is 10.5 Å². The van der Waals surface area contributed by atoms with Gasteiger partial charge in [0.05, 0.1) is 7.11 Å². The highest BCUT2D eigenvalue weighted by molar-refractivity contribution is 5.47. The molecule has 1 aliphatic rings. The van der Waals surface area contributed by atoms with Crippen LogP contribution in [0.3, 0.4) is 0 Å². The van der Waals surface area contributed by atoms with E-state index in [1.54, 1.807) is 7.11 Å². The Balaban J connectivity index is 2.47. The smallest absolute Gasteiger partial charge is 0.125 e. The Labute approximate surface area is 85.1 Å². The van der Waals surface area contributed by atoms with Crippen LogP contribution in [0.1, 0.15) is 23.1 Å². The van der Waals surface area contributed by atoms with Gasteiger partial charge in [0.25, 0.3) is 0 Å². The largest absolute Gasteiger partial charge is 0.496 e. The van der Waals surface area contributed by atoms with E-state index >= 15 is 0 Å². The fraction of sp³-hybridized carbons (Fsp3) is 0.500. The van der Waals surface area contributed by atoms with E-state index < -0.39 is 0 Å². The van der Waals surface area contributed by atoms with E-state index in [1.165, 1.54) is 16.7 Å². The molecule has 1 unspecified atom stereocenters. The second-order valence-electron chi connectivity index (χ2n) is 4.06. The average molecular weight is 191 g/mol. The summed E-state index contributed by atoms with van der Waals surface area (Å²) < 4.78 is 5.44. The van der Waals surface area contributed by atoms with Gasteiger partial charge in [0, 0.05) is 6.04 Å². The Morgan fingerprint density at radius 3 is 2.93 bits per heavy atom. The summed E-state index contributed by atoms with van der Waals surface area (Å²) >= 11 is 0. The minimum Gasteiger partial charge on any atom is -0.496 e. The zero-order chi connectivity index (χ0) is 10.1. The molecule has 2 N–H and O–H groups in total. The summed E-state index contributed by atoms with van der Waals surface area (Å²) in [5.74, 6) is 1.06. The van der Waals surface area contributed by atoms with E-state index in [0.717, 1.165) is 25.0 Å². The minimum absolute atomic E-state index is 0.329. The maximum Gasteiger partial charge on any atom is 0.125 e. The van der Waals surface area contributed by atoms with E-state index in [0.29, 0.717) is 6.04 Å². The van der Waals surface area contributed by atoms with Crippen molar-refractivity contribution in [2.45, 2.75) is 32.2 Å². The highest BCUT2D eigenvalue weighted by Crippen LogP contribution is 2.31. The number of benzene rings is 1. The van der Waals surface area contributed by atoms with E-state index in [-0.39, 0.29) is 0 Å². The molecule has 2 rings (SSSR count). The van der Waals surface area contributed by atoms with Crippen molar-refractivity contribution in [3.05, 3.63) is 28.8 Å². The monoisotopic (exact) mass is 191 g/mol. The molecule has 0 saturated carbocycles. The lowest BCUT2D eigenvalue weighted by Gasteiger charge is -2.24. The van der Waals surface area contributed by atoms with Crippen molar-refractivity contribution >= 4 is 0 Å². The summed E-state index contributed by atoms with van der Waals surface area (Å²) in [4.78, 5) is 0. The van der Waals surface area contributed by atoms with Crippen molar-refractivity contribution in [3.8, 4) is 5.75 Å². The molecule has 2 heteroatoms. The molecule has 0 heterocycles. The van der Waals surface area contributed by atoms with Crippen LogP contribution in [0.2, 0.25) is 0 Å². The van der Waals surface area contributed by atoms with Gasteiger partial charge in [-0.1, -0.05) is 12.1 Å². The van der Waals surface area contributed by atoms with Gasteiger partial charge in [0.2, 0.25) is 0 Å². The number of aryl methyl sites for hydroxylation is 1. The number of methoxy groups -OCH3 is 1. The molecule has 1 aliphatic carbocycles. The molecule has 0 saturated heterocycles. The number of nitrogens with two attached hydrogens (primary N) is 1. The van der Waals surface area contributed by atoms with Crippen molar-refractivity contribution < 1.29 is 4.74 Å². The van der Waals surface area contributed by atoms with Crippen LogP contribution in [0.5, 0.6) is 5.75 Å². The maximum absolute atomic E-state index is 5.94. The van der Waals surface area contributed by atoms with Crippen LogP contribution >= 0.6 is 0 Å². The average Bonchev–Trinajstić information content (AvgIpc) is 2.18. The zero-order valence-corrected chi connectivity index (χ0v) is 8.84.